The van der Waals surface area contributed by atoms with Crippen LogP contribution in [0.3, 0.4) is 0 Å². The molecule has 2 rings (SSSR count). The van der Waals surface area contributed by atoms with Gasteiger partial charge in [-0.1, -0.05) is 13.0 Å². The number of nitrogens with two attached hydrogens (primary N) is 1. The zero-order valence-corrected chi connectivity index (χ0v) is 10.4. The van der Waals surface area contributed by atoms with Gasteiger partial charge in [0.15, 0.2) is 0 Å². The lowest BCUT2D eigenvalue weighted by molar-refractivity contribution is -0.386. The molecular formula is C12H13N5O2. The molecular weight excluding hydrogens is 246 g/mol. The number of nitrogens with zero attached hydrogens (tertiary/aromatic N) is 4. The van der Waals surface area contributed by atoms with Gasteiger partial charge in [-0.15, -0.1) is 0 Å². The van der Waals surface area contributed by atoms with E-state index in [1.165, 1.54) is 0 Å². The van der Waals surface area contributed by atoms with Crippen molar-refractivity contribution in [2.45, 2.75) is 19.8 Å². The molecule has 2 aromatic rings. The van der Waals surface area contributed by atoms with Crippen molar-refractivity contribution >= 4 is 11.6 Å². The van der Waals surface area contributed by atoms with Crippen LogP contribution in [-0.4, -0.2) is 19.9 Å². The van der Waals surface area contributed by atoms with E-state index in [1.54, 1.807) is 6.20 Å². The van der Waals surface area contributed by atoms with Crippen LogP contribution in [0.25, 0.3) is 0 Å². The van der Waals surface area contributed by atoms with Crippen LogP contribution < -0.4 is 5.73 Å². The highest BCUT2D eigenvalue weighted by Crippen LogP contribution is 2.18. The number of hydrogen-bond donors (Lipinski definition) is 1. The minimum absolute atomic E-state index is 0.0192. The zero-order chi connectivity index (χ0) is 13.8. The van der Waals surface area contributed by atoms with Crippen LogP contribution in [-0.2, 0) is 12.8 Å². The van der Waals surface area contributed by atoms with Gasteiger partial charge < -0.3 is 5.73 Å². The third kappa shape index (κ3) is 3.01. The first-order chi connectivity index (χ1) is 9.10. The van der Waals surface area contributed by atoms with Crippen LogP contribution in [0.2, 0.25) is 0 Å². The second-order valence-electron chi connectivity index (χ2n) is 4.01. The quantitative estimate of drug-likeness (QED) is 0.658. The summed E-state index contributed by atoms with van der Waals surface area (Å²) in [6.07, 6.45) is 4.03. The van der Waals surface area contributed by atoms with Gasteiger partial charge in [0.05, 0.1) is 4.92 Å². The van der Waals surface area contributed by atoms with E-state index in [0.29, 0.717) is 5.69 Å². The predicted molar refractivity (Wildman–Crippen MR) is 69.5 cm³/mol. The maximum atomic E-state index is 10.9. The number of rotatable bonds is 4. The van der Waals surface area contributed by atoms with Gasteiger partial charge in [0, 0.05) is 18.3 Å². The summed E-state index contributed by atoms with van der Waals surface area (Å²) in [7, 11) is 0. The molecule has 0 amide bonds. The summed E-state index contributed by atoms with van der Waals surface area (Å²) < 4.78 is 0. The maximum absolute atomic E-state index is 10.9. The van der Waals surface area contributed by atoms with E-state index in [9.17, 15) is 10.1 Å². The fraction of sp³-hybridized carbons (Fsp3) is 0.250. The fourth-order valence-corrected chi connectivity index (χ4v) is 1.65. The van der Waals surface area contributed by atoms with Crippen molar-refractivity contribution in [3.8, 4) is 0 Å². The maximum Gasteiger partial charge on any atom is 0.309 e. The Hall–Kier alpha value is -2.57. The molecule has 0 saturated carbocycles. The number of nitro groups is 1. The Morgan fingerprint density at radius 3 is 2.68 bits per heavy atom. The Kier molecular flexibility index (Phi) is 3.65. The van der Waals surface area contributed by atoms with Gasteiger partial charge in [-0.2, -0.15) is 0 Å². The van der Waals surface area contributed by atoms with E-state index in [0.717, 1.165) is 18.2 Å². The van der Waals surface area contributed by atoms with Crippen LogP contribution in [0, 0.1) is 10.1 Å². The first-order valence-electron chi connectivity index (χ1n) is 5.79. The molecule has 0 aliphatic heterocycles. The Labute approximate surface area is 109 Å². The molecule has 2 aromatic heterocycles. The molecule has 0 aromatic carbocycles. The number of aryl methyl sites for hydroxylation is 1. The molecule has 98 valence electrons. The average molecular weight is 259 g/mol. The standard InChI is InChI=1S/C12H13N5O2/c1-2-8-3-4-9(14-6-8)5-10-11(17(18)19)7-15-12(13)16-10/h3-4,6-7H,2,5H2,1H3,(H2,13,15,16). The van der Waals surface area contributed by atoms with E-state index in [2.05, 4.69) is 15.0 Å². The molecule has 0 aliphatic rings. The summed E-state index contributed by atoms with van der Waals surface area (Å²) in [5.74, 6) is 0.0192. The SMILES string of the molecule is CCc1ccc(Cc2nc(N)ncc2[N+](=O)[O-])nc1. The Bertz CT molecular complexity index is 598. The molecule has 0 bridgehead atoms. The van der Waals surface area contributed by atoms with Crippen molar-refractivity contribution in [3.05, 3.63) is 51.6 Å². The zero-order valence-electron chi connectivity index (χ0n) is 10.4. The molecule has 7 heteroatoms. The topological polar surface area (TPSA) is 108 Å². The van der Waals surface area contributed by atoms with Crippen molar-refractivity contribution < 1.29 is 4.92 Å². The third-order valence-electron chi connectivity index (χ3n) is 2.70. The molecule has 0 spiro atoms. The molecule has 0 atom stereocenters. The Morgan fingerprint density at radius 2 is 2.11 bits per heavy atom. The van der Waals surface area contributed by atoms with Crippen molar-refractivity contribution in [1.82, 2.24) is 15.0 Å². The summed E-state index contributed by atoms with van der Waals surface area (Å²) in [5.41, 5.74) is 7.41. The summed E-state index contributed by atoms with van der Waals surface area (Å²) in [5, 5.41) is 10.9. The van der Waals surface area contributed by atoms with Crippen LogP contribution >= 0.6 is 0 Å². The van der Waals surface area contributed by atoms with Gasteiger partial charge in [-0.25, -0.2) is 9.97 Å². The normalized spacial score (nSPS) is 10.4. The molecule has 0 radical (unpaired) electrons. The molecule has 7 nitrogen and oxygen atoms in total. The summed E-state index contributed by atoms with van der Waals surface area (Å²) in [4.78, 5) is 22.2. The largest absolute Gasteiger partial charge is 0.368 e. The monoisotopic (exact) mass is 259 g/mol. The first-order valence-corrected chi connectivity index (χ1v) is 5.79. The summed E-state index contributed by atoms with van der Waals surface area (Å²) in [6.45, 7) is 2.03. The average Bonchev–Trinajstić information content (AvgIpc) is 2.39. The smallest absolute Gasteiger partial charge is 0.309 e. The predicted octanol–water partition coefficient (Wildman–Crippen LogP) is 1.52. The van der Waals surface area contributed by atoms with E-state index >= 15 is 0 Å². The van der Waals surface area contributed by atoms with Gasteiger partial charge in [0.2, 0.25) is 5.95 Å². The lowest BCUT2D eigenvalue weighted by Crippen LogP contribution is -2.05. The Morgan fingerprint density at radius 1 is 1.32 bits per heavy atom. The van der Waals surface area contributed by atoms with E-state index in [-0.39, 0.29) is 23.8 Å². The molecule has 0 fully saturated rings. The number of hydrogen-bond acceptors (Lipinski definition) is 6. The molecule has 2 heterocycles. The highest BCUT2D eigenvalue weighted by Gasteiger charge is 2.17. The van der Waals surface area contributed by atoms with E-state index in [4.69, 9.17) is 5.73 Å². The first kappa shape index (κ1) is 12.9. The fourth-order valence-electron chi connectivity index (χ4n) is 1.65. The third-order valence-corrected chi connectivity index (χ3v) is 2.70. The van der Waals surface area contributed by atoms with Gasteiger partial charge in [0.25, 0.3) is 0 Å². The van der Waals surface area contributed by atoms with E-state index in [1.807, 2.05) is 19.1 Å². The lowest BCUT2D eigenvalue weighted by Gasteiger charge is -2.03. The van der Waals surface area contributed by atoms with Crippen molar-refractivity contribution in [3.63, 3.8) is 0 Å². The second kappa shape index (κ2) is 5.38. The highest BCUT2D eigenvalue weighted by atomic mass is 16.6. The minimum Gasteiger partial charge on any atom is -0.368 e. The minimum atomic E-state index is -0.519. The van der Waals surface area contributed by atoms with Gasteiger partial charge in [-0.3, -0.25) is 15.1 Å². The van der Waals surface area contributed by atoms with Crippen molar-refractivity contribution in [2.75, 3.05) is 5.73 Å². The van der Waals surface area contributed by atoms with Crippen molar-refractivity contribution in [1.29, 1.82) is 0 Å². The summed E-state index contributed by atoms with van der Waals surface area (Å²) >= 11 is 0. The second-order valence-corrected chi connectivity index (χ2v) is 4.01. The number of anilines is 1. The van der Waals surface area contributed by atoms with Gasteiger partial charge in [0.1, 0.15) is 11.9 Å². The molecule has 2 N–H and O–H groups in total. The van der Waals surface area contributed by atoms with Gasteiger partial charge in [-0.05, 0) is 18.1 Å². The van der Waals surface area contributed by atoms with E-state index < -0.39 is 4.92 Å². The molecule has 0 unspecified atom stereocenters. The molecule has 19 heavy (non-hydrogen) atoms. The highest BCUT2D eigenvalue weighted by molar-refractivity contribution is 5.38. The number of aromatic nitrogens is 3. The van der Waals surface area contributed by atoms with Gasteiger partial charge >= 0.3 is 5.69 Å². The molecule has 0 saturated heterocycles. The Balaban J connectivity index is 2.31. The van der Waals surface area contributed by atoms with Crippen LogP contribution in [0.5, 0.6) is 0 Å². The number of nitrogen functional groups attached to an aromatic ring is 1. The molecule has 0 aliphatic carbocycles. The van der Waals surface area contributed by atoms with Crippen LogP contribution in [0.1, 0.15) is 23.9 Å². The van der Waals surface area contributed by atoms with Crippen LogP contribution in [0.4, 0.5) is 11.6 Å². The summed E-state index contributed by atoms with van der Waals surface area (Å²) in [6, 6.07) is 3.78. The van der Waals surface area contributed by atoms with Crippen LogP contribution in [0.15, 0.2) is 24.5 Å². The van der Waals surface area contributed by atoms with Crippen molar-refractivity contribution in [2.24, 2.45) is 0 Å². The number of pyridine rings is 1. The lowest BCUT2D eigenvalue weighted by atomic mass is 10.1.